The molecule has 2 aromatic carbocycles. The number of fused-ring (bicyclic) bond motifs is 5. The number of aliphatic hydroxyl groups excluding tert-OH is 1. The van der Waals surface area contributed by atoms with E-state index >= 15 is 0 Å². The third kappa shape index (κ3) is 4.43. The molecule has 0 aliphatic heterocycles. The van der Waals surface area contributed by atoms with E-state index in [1.165, 1.54) is 19.3 Å². The maximum absolute atomic E-state index is 14.1. The Balaban J connectivity index is 1.22. The molecule has 9 atom stereocenters. The third-order valence-corrected chi connectivity index (χ3v) is 12.5. The van der Waals surface area contributed by atoms with E-state index in [0.29, 0.717) is 41.8 Å². The Morgan fingerprint density at radius 2 is 1.54 bits per heavy atom. The third-order valence-electron chi connectivity index (χ3n) is 12.5. The molecule has 3 heteroatoms. The molecule has 0 bridgehead atoms. The summed E-state index contributed by atoms with van der Waals surface area (Å²) in [4.78, 5) is 14.1. The van der Waals surface area contributed by atoms with Crippen LogP contribution in [0, 0.1) is 46.3 Å². The number of hydrogen-bond donors (Lipinski definition) is 2. The minimum atomic E-state index is -1.01. The molecule has 0 radical (unpaired) electrons. The highest BCUT2D eigenvalue weighted by Crippen LogP contribution is 2.67. The largest absolute Gasteiger partial charge is 0.393 e. The minimum Gasteiger partial charge on any atom is -0.393 e. The van der Waals surface area contributed by atoms with Crippen LogP contribution in [0.5, 0.6) is 0 Å². The molecule has 4 aliphatic carbocycles. The average Bonchev–Trinajstić information content (AvgIpc) is 3.29. The summed E-state index contributed by atoms with van der Waals surface area (Å²) in [7, 11) is 0. The number of aliphatic hydroxyl groups is 2. The number of carbonyl (C=O) groups is 1. The Morgan fingerprint density at radius 1 is 0.897 bits per heavy atom. The summed E-state index contributed by atoms with van der Waals surface area (Å²) in [5.74, 6) is 3.31. The average molecular weight is 529 g/mol. The molecule has 0 unspecified atom stereocenters. The predicted molar refractivity (Wildman–Crippen MR) is 156 cm³/mol. The molecule has 39 heavy (non-hydrogen) atoms. The second-order valence-electron chi connectivity index (χ2n) is 14.4. The summed E-state index contributed by atoms with van der Waals surface area (Å²) in [6.07, 6.45) is 9.70. The monoisotopic (exact) mass is 528 g/mol. The minimum absolute atomic E-state index is 0.0622. The molecule has 2 aromatic rings. The standard InChI is InChI=1S/C36H48O3/c1-24(18-21-36(39,25-10-6-4-7-11-25)26-12-8-5-9-13-26)30-16-17-31-29-15-14-27-22-28(37)19-20-34(27,2)33(29)32(38)23-35(30,31)3/h4-13,24,27-31,33,37,39H,14-23H2,1-3H3/t24-,27-,28-,29+,30+,31-,33+,34+,35+/m1/s1. The van der Waals surface area contributed by atoms with Gasteiger partial charge in [-0.2, -0.15) is 0 Å². The number of benzene rings is 2. The summed E-state index contributed by atoms with van der Waals surface area (Å²) in [6, 6.07) is 20.3. The van der Waals surface area contributed by atoms with E-state index in [4.69, 9.17) is 0 Å². The Labute approximate surface area is 235 Å². The van der Waals surface area contributed by atoms with Crippen LogP contribution in [0.15, 0.2) is 60.7 Å². The molecule has 0 aromatic heterocycles. The van der Waals surface area contributed by atoms with Gasteiger partial charge >= 0.3 is 0 Å². The zero-order valence-electron chi connectivity index (χ0n) is 24.2. The molecule has 0 saturated heterocycles. The number of rotatable bonds is 6. The number of Topliss-reactive ketones (excluding diaryl/α,β-unsaturated/α-hetero) is 1. The molecule has 2 N–H and O–H groups in total. The van der Waals surface area contributed by atoms with E-state index in [9.17, 15) is 15.0 Å². The first-order valence-electron chi connectivity index (χ1n) is 15.7. The van der Waals surface area contributed by atoms with Gasteiger partial charge in [0.15, 0.2) is 0 Å². The van der Waals surface area contributed by atoms with Gasteiger partial charge in [-0.25, -0.2) is 0 Å². The summed E-state index contributed by atoms with van der Waals surface area (Å²) in [5, 5.41) is 22.5. The van der Waals surface area contributed by atoms with Crippen LogP contribution in [0.25, 0.3) is 0 Å². The molecule has 6 rings (SSSR count). The van der Waals surface area contributed by atoms with Gasteiger partial charge in [0.1, 0.15) is 11.4 Å². The molecule has 0 spiro atoms. The van der Waals surface area contributed by atoms with Crippen LogP contribution < -0.4 is 0 Å². The molecule has 4 fully saturated rings. The van der Waals surface area contributed by atoms with Crippen molar-refractivity contribution < 1.29 is 15.0 Å². The van der Waals surface area contributed by atoms with E-state index in [2.05, 4.69) is 20.8 Å². The van der Waals surface area contributed by atoms with Gasteiger partial charge < -0.3 is 10.2 Å². The van der Waals surface area contributed by atoms with E-state index in [-0.39, 0.29) is 22.9 Å². The first-order valence-corrected chi connectivity index (χ1v) is 15.7. The predicted octanol–water partition coefficient (Wildman–Crippen LogP) is 7.54. The zero-order valence-corrected chi connectivity index (χ0v) is 24.2. The van der Waals surface area contributed by atoms with Crippen molar-refractivity contribution in [2.24, 2.45) is 46.3 Å². The molecule has 4 aliphatic rings. The first-order chi connectivity index (χ1) is 18.7. The second kappa shape index (κ2) is 10.1. The van der Waals surface area contributed by atoms with Crippen molar-refractivity contribution >= 4 is 5.78 Å². The van der Waals surface area contributed by atoms with Gasteiger partial charge in [-0.15, -0.1) is 0 Å². The van der Waals surface area contributed by atoms with Crippen LogP contribution in [-0.2, 0) is 10.4 Å². The van der Waals surface area contributed by atoms with Crippen molar-refractivity contribution in [1.82, 2.24) is 0 Å². The van der Waals surface area contributed by atoms with E-state index < -0.39 is 5.60 Å². The summed E-state index contributed by atoms with van der Waals surface area (Å²) >= 11 is 0. The normalized spacial score (nSPS) is 38.9. The van der Waals surface area contributed by atoms with Crippen molar-refractivity contribution in [1.29, 1.82) is 0 Å². The fourth-order valence-corrected chi connectivity index (χ4v) is 10.5. The quantitative estimate of drug-likeness (QED) is 0.407. The van der Waals surface area contributed by atoms with Gasteiger partial charge in [0.05, 0.1) is 6.10 Å². The summed E-state index contributed by atoms with van der Waals surface area (Å²) < 4.78 is 0. The fourth-order valence-electron chi connectivity index (χ4n) is 10.5. The van der Waals surface area contributed by atoms with Gasteiger partial charge in [-0.3, -0.25) is 4.79 Å². The summed E-state index contributed by atoms with van der Waals surface area (Å²) in [5.41, 5.74) is 1.04. The Morgan fingerprint density at radius 3 is 2.18 bits per heavy atom. The van der Waals surface area contributed by atoms with Crippen LogP contribution in [0.3, 0.4) is 0 Å². The van der Waals surface area contributed by atoms with E-state index in [1.54, 1.807) is 0 Å². The first kappa shape index (κ1) is 27.2. The van der Waals surface area contributed by atoms with Crippen LogP contribution in [0.4, 0.5) is 0 Å². The van der Waals surface area contributed by atoms with E-state index in [0.717, 1.165) is 49.7 Å². The van der Waals surface area contributed by atoms with Gasteiger partial charge in [0.2, 0.25) is 0 Å². The van der Waals surface area contributed by atoms with Crippen LogP contribution in [0.2, 0.25) is 0 Å². The molecular formula is C36H48O3. The fraction of sp³-hybridized carbons (Fsp3) is 0.639. The summed E-state index contributed by atoms with van der Waals surface area (Å²) in [6.45, 7) is 7.22. The van der Waals surface area contributed by atoms with Gasteiger partial charge in [0.25, 0.3) is 0 Å². The second-order valence-corrected chi connectivity index (χ2v) is 14.4. The van der Waals surface area contributed by atoms with Crippen molar-refractivity contribution in [3.8, 4) is 0 Å². The van der Waals surface area contributed by atoms with Crippen LogP contribution >= 0.6 is 0 Å². The number of ketones is 1. The number of carbonyl (C=O) groups excluding carboxylic acids is 1. The van der Waals surface area contributed by atoms with Gasteiger partial charge in [-0.05, 0) is 109 Å². The van der Waals surface area contributed by atoms with Crippen molar-refractivity contribution in [3.63, 3.8) is 0 Å². The maximum Gasteiger partial charge on any atom is 0.137 e. The Hall–Kier alpha value is -1.97. The SMILES string of the molecule is C[C@H](CCC(O)(c1ccccc1)c1ccccc1)[C@@H]1CC[C@@H]2[C@@H]3CC[C@@H]4C[C@H](O)CC[C@]4(C)[C@@H]3C(=O)C[C@]21C. The maximum atomic E-state index is 14.1. The smallest absolute Gasteiger partial charge is 0.137 e. The van der Waals surface area contributed by atoms with Crippen LogP contribution in [-0.4, -0.2) is 22.1 Å². The van der Waals surface area contributed by atoms with Crippen molar-refractivity contribution in [2.75, 3.05) is 0 Å². The molecule has 0 heterocycles. The van der Waals surface area contributed by atoms with E-state index in [1.807, 2.05) is 60.7 Å². The zero-order chi connectivity index (χ0) is 27.4. The highest BCUT2D eigenvalue weighted by atomic mass is 16.3. The lowest BCUT2D eigenvalue weighted by Crippen LogP contribution is -2.58. The van der Waals surface area contributed by atoms with Crippen molar-refractivity contribution in [2.45, 2.75) is 96.7 Å². The molecule has 3 nitrogen and oxygen atoms in total. The molecule has 210 valence electrons. The highest BCUT2D eigenvalue weighted by Gasteiger charge is 2.63. The lowest BCUT2D eigenvalue weighted by atomic mass is 9.44. The molecule has 0 amide bonds. The van der Waals surface area contributed by atoms with Gasteiger partial charge in [0, 0.05) is 12.3 Å². The van der Waals surface area contributed by atoms with Gasteiger partial charge in [-0.1, -0.05) is 81.4 Å². The lowest BCUT2D eigenvalue weighted by molar-refractivity contribution is -0.162. The molecular weight excluding hydrogens is 480 g/mol. The molecule has 4 saturated carbocycles. The number of hydrogen-bond acceptors (Lipinski definition) is 3. The Kier molecular flexibility index (Phi) is 7.08. The topological polar surface area (TPSA) is 57.5 Å². The Bertz CT molecular complexity index is 1120. The van der Waals surface area contributed by atoms with Crippen LogP contribution in [0.1, 0.15) is 96.1 Å². The highest BCUT2D eigenvalue weighted by molar-refractivity contribution is 5.84. The lowest BCUT2D eigenvalue weighted by Gasteiger charge is -2.60. The van der Waals surface area contributed by atoms with Crippen molar-refractivity contribution in [3.05, 3.63) is 71.8 Å².